The van der Waals surface area contributed by atoms with Crippen LogP contribution < -0.4 is 21.3 Å². The SMILES string of the molecule is C=CCNC(=O)C(=O)C(CCCC)NC(=O)[C@@H]1C2[C@H](CN1C(=O)[C@@H](NC(=O)N[C@H](CN1Cc3ccccc3S1(=O)=O)C(C)(C)C)C1CCCCC1)C2(C)C. The topological polar surface area (TPSA) is 174 Å². The van der Waals surface area contributed by atoms with E-state index >= 15 is 0 Å². The van der Waals surface area contributed by atoms with Gasteiger partial charge in [-0.2, -0.15) is 4.31 Å². The van der Waals surface area contributed by atoms with Crippen LogP contribution in [0.5, 0.6) is 0 Å². The largest absolute Gasteiger partial charge is 0.346 e. The normalized spacial score (nSPS) is 24.6. The van der Waals surface area contributed by atoms with E-state index < -0.39 is 63.2 Å². The van der Waals surface area contributed by atoms with Gasteiger partial charge in [-0.15, -0.1) is 6.58 Å². The maximum absolute atomic E-state index is 14.7. The highest BCUT2D eigenvalue weighted by Crippen LogP contribution is 2.65. The lowest BCUT2D eigenvalue weighted by Crippen LogP contribution is -2.61. The summed E-state index contributed by atoms with van der Waals surface area (Å²) in [5.74, 6) is -2.58. The molecule has 2 unspecified atom stereocenters. The fraction of sp³-hybridized carbons (Fsp3) is 0.675. The number of hydrogen-bond donors (Lipinski definition) is 4. The summed E-state index contributed by atoms with van der Waals surface area (Å²) in [6.07, 6.45) is 7.45. The molecule has 2 aliphatic heterocycles. The molecule has 2 saturated carbocycles. The average molecular weight is 769 g/mol. The summed E-state index contributed by atoms with van der Waals surface area (Å²) >= 11 is 0. The lowest BCUT2D eigenvalue weighted by atomic mass is 9.83. The van der Waals surface area contributed by atoms with Crippen molar-refractivity contribution in [3.8, 4) is 0 Å². The Balaban J connectivity index is 1.35. The number of hydrogen-bond acceptors (Lipinski definition) is 7. The molecule has 0 aromatic heterocycles. The zero-order chi connectivity index (χ0) is 39.6. The van der Waals surface area contributed by atoms with Crippen LogP contribution in [-0.4, -0.2) is 91.0 Å². The Morgan fingerprint density at radius 1 is 1.02 bits per heavy atom. The van der Waals surface area contributed by atoms with Crippen LogP contribution in [0, 0.1) is 28.6 Å². The number of likely N-dealkylation sites (tertiary alicyclic amines) is 1. The molecule has 1 aromatic rings. The van der Waals surface area contributed by atoms with Crippen LogP contribution in [0.15, 0.2) is 41.8 Å². The van der Waals surface area contributed by atoms with E-state index in [1.807, 2.05) is 27.7 Å². The molecule has 2 heterocycles. The minimum absolute atomic E-state index is 0.0479. The molecule has 13 nitrogen and oxygen atoms in total. The predicted molar refractivity (Wildman–Crippen MR) is 205 cm³/mol. The van der Waals surface area contributed by atoms with E-state index in [-0.39, 0.29) is 60.0 Å². The van der Waals surface area contributed by atoms with Crippen molar-refractivity contribution >= 4 is 39.6 Å². The summed E-state index contributed by atoms with van der Waals surface area (Å²) in [4.78, 5) is 70.6. The molecule has 2 aliphatic carbocycles. The van der Waals surface area contributed by atoms with Gasteiger partial charge in [-0.1, -0.05) is 97.9 Å². The third-order valence-electron chi connectivity index (χ3n) is 12.2. The van der Waals surface area contributed by atoms with Gasteiger partial charge in [0.1, 0.15) is 12.1 Å². The first-order valence-corrected chi connectivity index (χ1v) is 21.1. The van der Waals surface area contributed by atoms with E-state index in [0.717, 1.165) is 38.5 Å². The lowest BCUT2D eigenvalue weighted by molar-refractivity contribution is -0.144. The number of rotatable bonds is 15. The number of ketones is 1. The second-order valence-electron chi connectivity index (χ2n) is 17.3. The van der Waals surface area contributed by atoms with E-state index in [1.54, 1.807) is 29.2 Å². The van der Waals surface area contributed by atoms with Crippen LogP contribution in [-0.2, 0) is 35.7 Å². The van der Waals surface area contributed by atoms with Crippen LogP contribution in [0.2, 0.25) is 0 Å². The molecule has 0 radical (unpaired) electrons. The highest BCUT2D eigenvalue weighted by atomic mass is 32.2. The number of sulfonamides is 1. The van der Waals surface area contributed by atoms with Gasteiger partial charge in [0.25, 0.3) is 5.91 Å². The second kappa shape index (κ2) is 16.5. The Morgan fingerprint density at radius 3 is 2.33 bits per heavy atom. The zero-order valence-electron chi connectivity index (χ0n) is 32.8. The number of piperidine rings is 1. The van der Waals surface area contributed by atoms with Crippen molar-refractivity contribution in [2.75, 3.05) is 19.6 Å². The van der Waals surface area contributed by atoms with Crippen molar-refractivity contribution in [2.24, 2.45) is 28.6 Å². The molecule has 3 fully saturated rings. The van der Waals surface area contributed by atoms with Gasteiger partial charge in [-0.3, -0.25) is 19.2 Å². The number of unbranched alkanes of at least 4 members (excludes halogenated alkanes) is 1. The first-order valence-electron chi connectivity index (χ1n) is 19.6. The van der Waals surface area contributed by atoms with Crippen molar-refractivity contribution in [3.05, 3.63) is 42.5 Å². The molecule has 4 aliphatic rings. The molecule has 1 aromatic carbocycles. The minimum atomic E-state index is -3.74. The first-order chi connectivity index (χ1) is 25.4. The summed E-state index contributed by atoms with van der Waals surface area (Å²) in [6, 6.07) is 2.90. The number of amides is 5. The number of benzene rings is 1. The van der Waals surface area contributed by atoms with Gasteiger partial charge in [-0.05, 0) is 59.5 Å². The Kier molecular flexibility index (Phi) is 12.7. The standard InChI is InChI=1S/C40H60N6O7S/c1-8-10-19-28(34(47)36(49)41-21-9-2)42-35(48)33-31-27(40(31,6)7)23-46(33)37(50)32(25-16-12-11-13-17-25)44-38(51)43-30(39(3,4)5)24-45-22-26-18-14-15-20-29(26)54(45,52)53/h9,14-15,18,20,25,27-28,30-33H,2,8,10-13,16-17,19,21-24H2,1,3-7H3,(H,41,49)(H,42,48)(H2,43,44,51)/t27-,28?,30+,31?,32-,33-/m0/s1. The van der Waals surface area contributed by atoms with E-state index in [1.165, 1.54) is 10.4 Å². The highest BCUT2D eigenvalue weighted by Gasteiger charge is 2.69. The van der Waals surface area contributed by atoms with E-state index in [2.05, 4.69) is 41.7 Å². The maximum atomic E-state index is 14.7. The summed E-state index contributed by atoms with van der Waals surface area (Å²) in [7, 11) is -3.74. The Bertz CT molecular complexity index is 1720. The molecule has 5 amide bonds. The van der Waals surface area contributed by atoms with Gasteiger partial charge < -0.3 is 26.2 Å². The van der Waals surface area contributed by atoms with Crippen molar-refractivity contribution < 1.29 is 32.4 Å². The number of carbonyl (C=O) groups excluding carboxylic acids is 5. The van der Waals surface area contributed by atoms with Crippen LogP contribution in [0.4, 0.5) is 4.79 Å². The van der Waals surface area contributed by atoms with Gasteiger partial charge in [0.05, 0.1) is 10.9 Å². The molecular formula is C40H60N6O7S. The first kappa shape index (κ1) is 41.4. The van der Waals surface area contributed by atoms with Gasteiger partial charge in [0.2, 0.25) is 27.6 Å². The number of carbonyl (C=O) groups is 5. The van der Waals surface area contributed by atoms with Crippen LogP contribution in [0.25, 0.3) is 0 Å². The van der Waals surface area contributed by atoms with Gasteiger partial charge >= 0.3 is 6.03 Å². The molecule has 54 heavy (non-hydrogen) atoms. The minimum Gasteiger partial charge on any atom is -0.346 e. The van der Waals surface area contributed by atoms with Crippen LogP contribution >= 0.6 is 0 Å². The average Bonchev–Trinajstić information content (AvgIpc) is 3.38. The third-order valence-corrected chi connectivity index (χ3v) is 14.1. The van der Waals surface area contributed by atoms with Crippen molar-refractivity contribution in [2.45, 2.75) is 129 Å². The molecule has 298 valence electrons. The van der Waals surface area contributed by atoms with Crippen LogP contribution in [0.1, 0.15) is 98.5 Å². The van der Waals surface area contributed by atoms with Crippen molar-refractivity contribution in [3.63, 3.8) is 0 Å². The summed E-state index contributed by atoms with van der Waals surface area (Å²) in [5.41, 5.74) is -0.0327. The number of Topliss-reactive ketones (excluding diaryl/α,β-unsaturated/α-hetero) is 1. The number of fused-ring (bicyclic) bond motifs is 2. The molecule has 6 atom stereocenters. The fourth-order valence-electron chi connectivity index (χ4n) is 8.73. The Morgan fingerprint density at radius 2 is 1.70 bits per heavy atom. The molecule has 0 spiro atoms. The second-order valence-corrected chi connectivity index (χ2v) is 19.2. The van der Waals surface area contributed by atoms with Crippen LogP contribution in [0.3, 0.4) is 0 Å². The Labute approximate surface area is 320 Å². The van der Waals surface area contributed by atoms with Gasteiger partial charge in [0.15, 0.2) is 0 Å². The quantitative estimate of drug-likeness (QED) is 0.155. The molecular weight excluding hydrogens is 709 g/mol. The summed E-state index contributed by atoms with van der Waals surface area (Å²) in [5, 5.41) is 11.4. The molecule has 0 bridgehead atoms. The van der Waals surface area contributed by atoms with E-state index in [0.29, 0.717) is 18.5 Å². The predicted octanol–water partition coefficient (Wildman–Crippen LogP) is 3.88. The summed E-state index contributed by atoms with van der Waals surface area (Å²) < 4.78 is 28.2. The van der Waals surface area contributed by atoms with Crippen molar-refractivity contribution in [1.29, 1.82) is 0 Å². The molecule has 4 N–H and O–H groups in total. The van der Waals surface area contributed by atoms with E-state index in [9.17, 15) is 32.4 Å². The monoisotopic (exact) mass is 768 g/mol. The fourth-order valence-corrected chi connectivity index (χ4v) is 10.4. The molecule has 14 heteroatoms. The number of urea groups is 1. The van der Waals surface area contributed by atoms with Gasteiger partial charge in [0, 0.05) is 32.2 Å². The highest BCUT2D eigenvalue weighted by molar-refractivity contribution is 7.89. The lowest BCUT2D eigenvalue weighted by Gasteiger charge is -2.38. The molecule has 1 saturated heterocycles. The number of nitrogens with one attached hydrogen (secondary N) is 4. The number of nitrogens with zero attached hydrogens (tertiary/aromatic N) is 2. The van der Waals surface area contributed by atoms with E-state index in [4.69, 9.17) is 0 Å². The maximum Gasteiger partial charge on any atom is 0.315 e. The Hall–Kier alpha value is -3.78. The molecule has 5 rings (SSSR count). The third kappa shape index (κ3) is 8.69. The van der Waals surface area contributed by atoms with Crippen molar-refractivity contribution in [1.82, 2.24) is 30.5 Å². The van der Waals surface area contributed by atoms with Gasteiger partial charge in [-0.25, -0.2) is 13.2 Å². The summed E-state index contributed by atoms with van der Waals surface area (Å²) in [6.45, 7) is 16.2. The zero-order valence-corrected chi connectivity index (χ0v) is 33.6. The smallest absolute Gasteiger partial charge is 0.315 e.